The van der Waals surface area contributed by atoms with Crippen LogP contribution >= 0.6 is 15.9 Å². The number of para-hydroxylation sites is 1. The van der Waals surface area contributed by atoms with Crippen molar-refractivity contribution in [1.82, 2.24) is 10.2 Å². The largest absolute Gasteiger partial charge is 0.506 e. The summed E-state index contributed by atoms with van der Waals surface area (Å²) in [6, 6.07) is 5.72. The van der Waals surface area contributed by atoms with Gasteiger partial charge in [0, 0.05) is 12.1 Å². The maximum absolute atomic E-state index is 9.78. The van der Waals surface area contributed by atoms with Gasteiger partial charge in [-0.15, -0.1) is 0 Å². The highest BCUT2D eigenvalue weighted by atomic mass is 79.9. The van der Waals surface area contributed by atoms with Crippen molar-refractivity contribution in [3.63, 3.8) is 0 Å². The van der Waals surface area contributed by atoms with Crippen LogP contribution in [0.4, 0.5) is 0 Å². The van der Waals surface area contributed by atoms with E-state index in [9.17, 15) is 5.11 Å². The van der Waals surface area contributed by atoms with Crippen molar-refractivity contribution in [3.8, 4) is 5.75 Å². The summed E-state index contributed by atoms with van der Waals surface area (Å²) < 4.78 is 0.754. The fourth-order valence-electron chi connectivity index (χ4n) is 1.60. The Labute approximate surface area is 112 Å². The first-order valence-electron chi connectivity index (χ1n) is 5.93. The molecule has 1 aromatic carbocycles. The van der Waals surface area contributed by atoms with E-state index < -0.39 is 0 Å². The Morgan fingerprint density at radius 2 is 2.06 bits per heavy atom. The molecule has 0 bridgehead atoms. The summed E-state index contributed by atoms with van der Waals surface area (Å²) >= 11 is 3.31. The number of benzene rings is 1. The molecule has 0 aliphatic heterocycles. The molecule has 0 amide bonds. The van der Waals surface area contributed by atoms with Gasteiger partial charge in [0.05, 0.1) is 4.47 Å². The maximum atomic E-state index is 9.78. The normalized spacial score (nSPS) is 11.1. The molecule has 3 nitrogen and oxygen atoms in total. The summed E-state index contributed by atoms with van der Waals surface area (Å²) in [5, 5.41) is 13.1. The van der Waals surface area contributed by atoms with Crippen LogP contribution in [0, 0.1) is 0 Å². The van der Waals surface area contributed by atoms with Crippen LogP contribution in [0.15, 0.2) is 22.7 Å². The minimum atomic E-state index is 0.341. The van der Waals surface area contributed by atoms with Crippen molar-refractivity contribution >= 4 is 15.9 Å². The van der Waals surface area contributed by atoms with Gasteiger partial charge in [0.1, 0.15) is 5.75 Å². The second-order valence-corrected chi connectivity index (χ2v) is 5.29. The van der Waals surface area contributed by atoms with Crippen LogP contribution in [0.2, 0.25) is 0 Å². The number of rotatable bonds is 7. The van der Waals surface area contributed by atoms with Gasteiger partial charge in [0.25, 0.3) is 0 Å². The average molecular weight is 301 g/mol. The average Bonchev–Trinajstić information content (AvgIpc) is 2.28. The van der Waals surface area contributed by atoms with Gasteiger partial charge in [-0.05, 0) is 62.0 Å². The molecule has 17 heavy (non-hydrogen) atoms. The van der Waals surface area contributed by atoms with E-state index in [0.717, 1.165) is 29.5 Å². The molecule has 2 N–H and O–H groups in total. The molecule has 0 atom stereocenters. The number of hydrogen-bond donors (Lipinski definition) is 2. The van der Waals surface area contributed by atoms with Crippen molar-refractivity contribution in [2.45, 2.75) is 19.4 Å². The number of aromatic hydroxyl groups is 1. The first-order valence-corrected chi connectivity index (χ1v) is 6.72. The van der Waals surface area contributed by atoms with Crippen LogP contribution in [-0.2, 0) is 6.54 Å². The number of phenolic OH excluding ortho intramolecular Hbond substituents is 1. The highest BCUT2D eigenvalue weighted by molar-refractivity contribution is 9.10. The molecule has 0 heterocycles. The number of unbranched alkanes of at least 4 members (excludes halogenated alkanes) is 1. The van der Waals surface area contributed by atoms with Gasteiger partial charge in [0.15, 0.2) is 0 Å². The van der Waals surface area contributed by atoms with Crippen molar-refractivity contribution in [2.24, 2.45) is 0 Å². The topological polar surface area (TPSA) is 35.5 Å². The van der Waals surface area contributed by atoms with Crippen LogP contribution in [0.1, 0.15) is 18.4 Å². The summed E-state index contributed by atoms with van der Waals surface area (Å²) in [6.45, 7) is 2.83. The lowest BCUT2D eigenvalue weighted by Gasteiger charge is -2.10. The third-order valence-corrected chi connectivity index (χ3v) is 3.23. The lowest BCUT2D eigenvalue weighted by atomic mass is 10.2. The Morgan fingerprint density at radius 3 is 2.76 bits per heavy atom. The van der Waals surface area contributed by atoms with Crippen LogP contribution in [0.5, 0.6) is 5.75 Å². The molecule has 0 unspecified atom stereocenters. The molecule has 0 saturated carbocycles. The Balaban J connectivity index is 2.20. The molecule has 0 saturated heterocycles. The molecular weight excluding hydrogens is 280 g/mol. The first kappa shape index (κ1) is 14.5. The molecule has 96 valence electrons. The standard InChI is InChI=1S/C13H21BrN2O/c1-16(2)9-4-3-8-15-10-11-6-5-7-12(14)13(11)17/h5-7,15,17H,3-4,8-10H2,1-2H3. The van der Waals surface area contributed by atoms with E-state index in [1.807, 2.05) is 18.2 Å². The predicted molar refractivity (Wildman–Crippen MR) is 75.3 cm³/mol. The van der Waals surface area contributed by atoms with Crippen molar-refractivity contribution in [2.75, 3.05) is 27.2 Å². The zero-order chi connectivity index (χ0) is 12.7. The molecule has 1 aromatic rings. The highest BCUT2D eigenvalue weighted by Crippen LogP contribution is 2.27. The van der Waals surface area contributed by atoms with E-state index in [1.54, 1.807) is 0 Å². The van der Waals surface area contributed by atoms with Gasteiger partial charge in [-0.1, -0.05) is 12.1 Å². The molecule has 0 fully saturated rings. The third kappa shape index (κ3) is 5.52. The smallest absolute Gasteiger partial charge is 0.134 e. The quantitative estimate of drug-likeness (QED) is 0.760. The Hall–Kier alpha value is -0.580. The number of hydrogen-bond acceptors (Lipinski definition) is 3. The highest BCUT2D eigenvalue weighted by Gasteiger charge is 2.03. The molecule has 0 aliphatic carbocycles. The maximum Gasteiger partial charge on any atom is 0.134 e. The second kappa shape index (κ2) is 7.69. The van der Waals surface area contributed by atoms with E-state index in [2.05, 4.69) is 40.2 Å². The van der Waals surface area contributed by atoms with Crippen molar-refractivity contribution in [1.29, 1.82) is 0 Å². The van der Waals surface area contributed by atoms with E-state index in [1.165, 1.54) is 6.42 Å². The van der Waals surface area contributed by atoms with Gasteiger partial charge in [-0.2, -0.15) is 0 Å². The van der Waals surface area contributed by atoms with Crippen LogP contribution in [-0.4, -0.2) is 37.2 Å². The number of nitrogens with one attached hydrogen (secondary N) is 1. The molecule has 0 radical (unpaired) electrons. The zero-order valence-corrected chi connectivity index (χ0v) is 12.1. The van der Waals surface area contributed by atoms with Crippen LogP contribution in [0.25, 0.3) is 0 Å². The zero-order valence-electron chi connectivity index (χ0n) is 10.5. The summed E-state index contributed by atoms with van der Waals surface area (Å²) in [7, 11) is 4.18. The van der Waals surface area contributed by atoms with Gasteiger partial charge in [-0.25, -0.2) is 0 Å². The Bertz CT molecular complexity index is 342. The van der Waals surface area contributed by atoms with Crippen molar-refractivity contribution < 1.29 is 5.11 Å². The fraction of sp³-hybridized carbons (Fsp3) is 0.538. The number of nitrogens with zero attached hydrogens (tertiary/aromatic N) is 1. The van der Waals surface area contributed by atoms with Gasteiger partial charge >= 0.3 is 0 Å². The fourth-order valence-corrected chi connectivity index (χ4v) is 2.01. The predicted octanol–water partition coefficient (Wildman–Crippen LogP) is 2.59. The summed E-state index contributed by atoms with van der Waals surface area (Å²) in [6.07, 6.45) is 2.36. The Morgan fingerprint density at radius 1 is 1.29 bits per heavy atom. The van der Waals surface area contributed by atoms with E-state index in [4.69, 9.17) is 0 Å². The molecule has 0 aliphatic rings. The van der Waals surface area contributed by atoms with E-state index >= 15 is 0 Å². The summed E-state index contributed by atoms with van der Waals surface area (Å²) in [5.41, 5.74) is 0.937. The van der Waals surface area contributed by atoms with Gasteiger partial charge < -0.3 is 15.3 Å². The summed E-state index contributed by atoms with van der Waals surface area (Å²) in [5.74, 6) is 0.341. The first-order chi connectivity index (χ1) is 8.11. The van der Waals surface area contributed by atoms with Crippen molar-refractivity contribution in [3.05, 3.63) is 28.2 Å². The molecule has 1 rings (SSSR count). The monoisotopic (exact) mass is 300 g/mol. The Kier molecular flexibility index (Phi) is 6.55. The van der Waals surface area contributed by atoms with Gasteiger partial charge in [-0.3, -0.25) is 0 Å². The molecule has 4 heteroatoms. The molecular formula is C13H21BrN2O. The number of phenols is 1. The number of halogens is 1. The lowest BCUT2D eigenvalue weighted by Crippen LogP contribution is -2.18. The summed E-state index contributed by atoms with van der Waals surface area (Å²) in [4.78, 5) is 2.19. The lowest BCUT2D eigenvalue weighted by molar-refractivity contribution is 0.391. The minimum absolute atomic E-state index is 0.341. The second-order valence-electron chi connectivity index (χ2n) is 4.43. The van der Waals surface area contributed by atoms with Crippen LogP contribution < -0.4 is 5.32 Å². The minimum Gasteiger partial charge on any atom is -0.506 e. The SMILES string of the molecule is CN(C)CCCCNCc1cccc(Br)c1O. The molecule has 0 aromatic heterocycles. The van der Waals surface area contributed by atoms with Gasteiger partial charge in [0.2, 0.25) is 0 Å². The van der Waals surface area contributed by atoms with E-state index in [0.29, 0.717) is 12.3 Å². The van der Waals surface area contributed by atoms with Crippen LogP contribution in [0.3, 0.4) is 0 Å². The third-order valence-electron chi connectivity index (χ3n) is 2.59. The van der Waals surface area contributed by atoms with E-state index in [-0.39, 0.29) is 0 Å². The molecule has 0 spiro atoms.